The Labute approximate surface area is 143 Å². The van der Waals surface area contributed by atoms with E-state index < -0.39 is 0 Å². The molecule has 1 amide bonds. The summed E-state index contributed by atoms with van der Waals surface area (Å²) in [4.78, 5) is 14.2. The SMILES string of the molecule is C/C=C/C=C/C(=O)Nc1ccc(CN2CCc3ccccc32)cc1. The summed E-state index contributed by atoms with van der Waals surface area (Å²) in [6, 6.07) is 16.7. The van der Waals surface area contributed by atoms with Crippen LogP contribution in [0.4, 0.5) is 11.4 Å². The molecule has 3 rings (SSSR count). The van der Waals surface area contributed by atoms with Crippen molar-refractivity contribution in [2.24, 2.45) is 0 Å². The first kappa shape index (κ1) is 16.1. The number of rotatable bonds is 5. The number of carbonyl (C=O) groups excluding carboxylic acids is 1. The smallest absolute Gasteiger partial charge is 0.248 e. The highest BCUT2D eigenvalue weighted by Gasteiger charge is 2.17. The van der Waals surface area contributed by atoms with Gasteiger partial charge in [0, 0.05) is 30.5 Å². The number of anilines is 2. The van der Waals surface area contributed by atoms with Crippen LogP contribution >= 0.6 is 0 Å². The van der Waals surface area contributed by atoms with Gasteiger partial charge < -0.3 is 10.2 Å². The molecule has 0 fully saturated rings. The quantitative estimate of drug-likeness (QED) is 0.658. The van der Waals surface area contributed by atoms with Crippen molar-refractivity contribution in [1.29, 1.82) is 0 Å². The Morgan fingerprint density at radius 3 is 2.71 bits per heavy atom. The van der Waals surface area contributed by atoms with Crippen LogP contribution in [0.15, 0.2) is 72.8 Å². The number of benzene rings is 2. The highest BCUT2D eigenvalue weighted by Crippen LogP contribution is 2.28. The van der Waals surface area contributed by atoms with E-state index in [1.54, 1.807) is 6.08 Å². The van der Waals surface area contributed by atoms with Gasteiger partial charge in [0.2, 0.25) is 5.91 Å². The van der Waals surface area contributed by atoms with E-state index in [0.29, 0.717) is 0 Å². The zero-order chi connectivity index (χ0) is 16.8. The highest BCUT2D eigenvalue weighted by molar-refractivity contribution is 5.99. The van der Waals surface area contributed by atoms with Crippen molar-refractivity contribution in [3.63, 3.8) is 0 Å². The lowest BCUT2D eigenvalue weighted by Gasteiger charge is -2.19. The molecular weight excluding hydrogens is 296 g/mol. The number of para-hydroxylation sites is 1. The van der Waals surface area contributed by atoms with E-state index in [2.05, 4.69) is 46.6 Å². The first-order valence-electron chi connectivity index (χ1n) is 8.28. The lowest BCUT2D eigenvalue weighted by molar-refractivity contribution is -0.111. The number of hydrogen-bond donors (Lipinski definition) is 1. The second-order valence-corrected chi connectivity index (χ2v) is 5.87. The number of fused-ring (bicyclic) bond motifs is 1. The minimum atomic E-state index is -0.116. The van der Waals surface area contributed by atoms with Crippen molar-refractivity contribution in [2.75, 3.05) is 16.8 Å². The zero-order valence-corrected chi connectivity index (χ0v) is 13.9. The Morgan fingerprint density at radius 1 is 1.12 bits per heavy atom. The van der Waals surface area contributed by atoms with Crippen molar-refractivity contribution in [1.82, 2.24) is 0 Å². The van der Waals surface area contributed by atoms with E-state index in [1.165, 1.54) is 22.9 Å². The number of hydrogen-bond acceptors (Lipinski definition) is 2. The van der Waals surface area contributed by atoms with Crippen LogP contribution < -0.4 is 10.2 Å². The Kier molecular flexibility index (Phi) is 5.12. The van der Waals surface area contributed by atoms with Crippen LogP contribution in [0.1, 0.15) is 18.1 Å². The first-order chi connectivity index (χ1) is 11.8. The third-order valence-electron chi connectivity index (χ3n) is 4.13. The van der Waals surface area contributed by atoms with E-state index in [-0.39, 0.29) is 5.91 Å². The molecule has 0 bridgehead atoms. The van der Waals surface area contributed by atoms with Crippen LogP contribution in [-0.2, 0) is 17.8 Å². The van der Waals surface area contributed by atoms with E-state index in [4.69, 9.17) is 0 Å². The Bertz CT molecular complexity index is 760. The van der Waals surface area contributed by atoms with E-state index >= 15 is 0 Å². The maximum absolute atomic E-state index is 11.7. The topological polar surface area (TPSA) is 32.3 Å². The molecule has 2 aromatic rings. The molecule has 0 spiro atoms. The highest BCUT2D eigenvalue weighted by atomic mass is 16.1. The first-order valence-corrected chi connectivity index (χ1v) is 8.28. The number of allylic oxidation sites excluding steroid dienone is 3. The van der Waals surface area contributed by atoms with Gasteiger partial charge in [-0.25, -0.2) is 0 Å². The predicted octanol–water partition coefficient (Wildman–Crippen LogP) is 4.32. The summed E-state index contributed by atoms with van der Waals surface area (Å²) in [5.41, 5.74) is 4.82. The number of nitrogens with one attached hydrogen (secondary N) is 1. The van der Waals surface area contributed by atoms with Crippen molar-refractivity contribution in [2.45, 2.75) is 19.9 Å². The van der Waals surface area contributed by atoms with Gasteiger partial charge in [0.1, 0.15) is 0 Å². The van der Waals surface area contributed by atoms with Crippen LogP contribution in [0.3, 0.4) is 0 Å². The molecule has 24 heavy (non-hydrogen) atoms. The third kappa shape index (κ3) is 3.93. The molecule has 0 atom stereocenters. The van der Waals surface area contributed by atoms with Crippen LogP contribution in [0.5, 0.6) is 0 Å². The molecule has 2 aromatic carbocycles. The molecular formula is C21H22N2O. The molecule has 0 aromatic heterocycles. The predicted molar refractivity (Wildman–Crippen MR) is 100 cm³/mol. The minimum absolute atomic E-state index is 0.116. The minimum Gasteiger partial charge on any atom is -0.367 e. The second kappa shape index (κ2) is 7.64. The van der Waals surface area contributed by atoms with Gasteiger partial charge >= 0.3 is 0 Å². The van der Waals surface area contributed by atoms with Gasteiger partial charge in [0.15, 0.2) is 0 Å². The molecule has 0 aliphatic carbocycles. The molecule has 0 unspecified atom stereocenters. The molecule has 1 heterocycles. The largest absolute Gasteiger partial charge is 0.367 e. The van der Waals surface area contributed by atoms with E-state index in [9.17, 15) is 4.79 Å². The summed E-state index contributed by atoms with van der Waals surface area (Å²) in [7, 11) is 0. The van der Waals surface area contributed by atoms with Crippen molar-refractivity contribution in [3.8, 4) is 0 Å². The average molecular weight is 318 g/mol. The van der Waals surface area contributed by atoms with Crippen LogP contribution in [0.25, 0.3) is 0 Å². The molecule has 3 nitrogen and oxygen atoms in total. The molecule has 122 valence electrons. The summed E-state index contributed by atoms with van der Waals surface area (Å²) in [6.45, 7) is 3.87. The molecule has 0 saturated carbocycles. The lowest BCUT2D eigenvalue weighted by Crippen LogP contribution is -2.19. The lowest BCUT2D eigenvalue weighted by atomic mass is 10.1. The summed E-state index contributed by atoms with van der Waals surface area (Å²) >= 11 is 0. The van der Waals surface area contributed by atoms with Crippen LogP contribution in [0, 0.1) is 0 Å². The molecule has 1 aliphatic rings. The summed E-state index contributed by atoms with van der Waals surface area (Å²) < 4.78 is 0. The fourth-order valence-electron chi connectivity index (χ4n) is 2.92. The Morgan fingerprint density at radius 2 is 1.92 bits per heavy atom. The van der Waals surface area contributed by atoms with Gasteiger partial charge in [-0.05, 0) is 42.7 Å². The van der Waals surface area contributed by atoms with E-state index in [0.717, 1.165) is 25.2 Å². The number of nitrogens with zero attached hydrogens (tertiary/aromatic N) is 1. The number of amides is 1. The molecule has 1 N–H and O–H groups in total. The van der Waals surface area contributed by atoms with Crippen LogP contribution in [0.2, 0.25) is 0 Å². The maximum atomic E-state index is 11.7. The molecule has 0 radical (unpaired) electrons. The summed E-state index contributed by atoms with van der Waals surface area (Å²) in [5.74, 6) is -0.116. The Hall–Kier alpha value is -2.81. The maximum Gasteiger partial charge on any atom is 0.248 e. The molecule has 0 saturated heterocycles. The van der Waals surface area contributed by atoms with Crippen molar-refractivity contribution in [3.05, 3.63) is 84.0 Å². The molecule has 3 heteroatoms. The fraction of sp³-hybridized carbons (Fsp3) is 0.190. The van der Waals surface area contributed by atoms with Gasteiger partial charge in [-0.3, -0.25) is 4.79 Å². The Balaban J connectivity index is 1.60. The van der Waals surface area contributed by atoms with Crippen LogP contribution in [-0.4, -0.2) is 12.5 Å². The van der Waals surface area contributed by atoms with Crippen molar-refractivity contribution < 1.29 is 4.79 Å². The second-order valence-electron chi connectivity index (χ2n) is 5.87. The zero-order valence-electron chi connectivity index (χ0n) is 13.9. The van der Waals surface area contributed by atoms with E-state index in [1.807, 2.05) is 31.2 Å². The van der Waals surface area contributed by atoms with Gasteiger partial charge in [-0.2, -0.15) is 0 Å². The van der Waals surface area contributed by atoms with Gasteiger partial charge in [0.25, 0.3) is 0 Å². The fourth-order valence-corrected chi connectivity index (χ4v) is 2.92. The standard InChI is InChI=1S/C21H22N2O/c1-2-3-4-9-21(24)22-19-12-10-17(11-13-19)16-23-15-14-18-7-5-6-8-20(18)23/h2-13H,14-16H2,1H3,(H,22,24)/b3-2+,9-4+. The summed E-state index contributed by atoms with van der Waals surface area (Å²) in [5, 5.41) is 2.86. The summed E-state index contributed by atoms with van der Waals surface area (Å²) in [6.07, 6.45) is 8.08. The van der Waals surface area contributed by atoms with Crippen molar-refractivity contribution >= 4 is 17.3 Å². The monoisotopic (exact) mass is 318 g/mol. The average Bonchev–Trinajstić information content (AvgIpc) is 3.00. The normalized spacial score (nSPS) is 13.6. The van der Waals surface area contributed by atoms with Gasteiger partial charge in [-0.1, -0.05) is 48.6 Å². The third-order valence-corrected chi connectivity index (χ3v) is 4.13. The molecule has 1 aliphatic heterocycles. The van der Waals surface area contributed by atoms with Gasteiger partial charge in [-0.15, -0.1) is 0 Å². The number of carbonyl (C=O) groups is 1. The van der Waals surface area contributed by atoms with Gasteiger partial charge in [0.05, 0.1) is 0 Å².